The third kappa shape index (κ3) is 4.57. The number of hydrogen-bond donors (Lipinski definition) is 0. The zero-order chi connectivity index (χ0) is 17.7. The van der Waals surface area contributed by atoms with Crippen molar-refractivity contribution in [2.75, 3.05) is 13.6 Å². The van der Waals surface area contributed by atoms with Gasteiger partial charge in [-0.3, -0.25) is 0 Å². The van der Waals surface area contributed by atoms with Crippen molar-refractivity contribution in [3.63, 3.8) is 0 Å². The summed E-state index contributed by atoms with van der Waals surface area (Å²) in [4.78, 5) is 11.1. The molecule has 0 amide bonds. The van der Waals surface area contributed by atoms with Gasteiger partial charge in [0.1, 0.15) is 6.10 Å². The number of hydrogen-bond acceptors (Lipinski definition) is 3. The summed E-state index contributed by atoms with van der Waals surface area (Å²) in [7, 11) is 1.99. The Labute approximate surface area is 152 Å². The van der Waals surface area contributed by atoms with Gasteiger partial charge in [-0.05, 0) is 60.8 Å². The molecule has 1 aromatic carbocycles. The van der Waals surface area contributed by atoms with E-state index in [0.717, 1.165) is 28.0 Å². The molecule has 0 saturated carbocycles. The molecule has 0 aliphatic carbocycles. The lowest BCUT2D eigenvalue weighted by Gasteiger charge is -2.18. The highest BCUT2D eigenvalue weighted by atomic mass is 79.9. The summed E-state index contributed by atoms with van der Waals surface area (Å²) >= 11 is 3.55. The molecular weight excluding hydrogens is 366 g/mol. The first-order valence-electron chi connectivity index (χ1n) is 8.06. The number of ether oxygens (including phenoxy) is 1. The highest BCUT2D eigenvalue weighted by Gasteiger charge is 2.14. The first kappa shape index (κ1) is 18.5. The van der Waals surface area contributed by atoms with E-state index in [0.29, 0.717) is 5.88 Å². The monoisotopic (exact) mass is 389 g/mol. The lowest BCUT2D eigenvalue weighted by molar-refractivity contribution is 0.215. The fourth-order valence-corrected chi connectivity index (χ4v) is 2.68. The molecule has 2 aromatic rings. The quantitative estimate of drug-likeness (QED) is 0.502. The van der Waals surface area contributed by atoms with E-state index in [4.69, 9.17) is 4.74 Å². The number of aryl methyl sites for hydroxylation is 2. The van der Waals surface area contributed by atoms with Gasteiger partial charge in [0.15, 0.2) is 0 Å². The predicted molar refractivity (Wildman–Crippen MR) is 103 cm³/mol. The molecule has 1 aromatic heterocycles. The van der Waals surface area contributed by atoms with Gasteiger partial charge in [0, 0.05) is 13.6 Å². The summed E-state index contributed by atoms with van der Waals surface area (Å²) in [5.41, 5.74) is 4.04. The van der Waals surface area contributed by atoms with Crippen LogP contribution in [0.3, 0.4) is 0 Å². The number of aromatic nitrogens is 1. The van der Waals surface area contributed by atoms with Crippen molar-refractivity contribution >= 4 is 28.0 Å². The topological polar surface area (TPSA) is 37.7 Å². The average molecular weight is 390 g/mol. The van der Waals surface area contributed by atoms with Crippen molar-refractivity contribution in [3.8, 4) is 5.88 Å². The molecule has 24 heavy (non-hydrogen) atoms. The van der Waals surface area contributed by atoms with Crippen molar-refractivity contribution in [3.05, 3.63) is 51.6 Å². The number of halogens is 1. The molecule has 128 valence electrons. The van der Waals surface area contributed by atoms with Crippen LogP contribution in [0.4, 0.5) is 5.69 Å². The van der Waals surface area contributed by atoms with E-state index in [1.54, 1.807) is 0 Å². The van der Waals surface area contributed by atoms with Crippen molar-refractivity contribution in [1.82, 2.24) is 9.88 Å². The lowest BCUT2D eigenvalue weighted by Crippen LogP contribution is -2.14. The first-order chi connectivity index (χ1) is 11.4. The minimum Gasteiger partial charge on any atom is -0.469 e. The molecule has 1 atom stereocenters. The van der Waals surface area contributed by atoms with Crippen molar-refractivity contribution < 1.29 is 4.74 Å². The van der Waals surface area contributed by atoms with Crippen LogP contribution >= 0.6 is 15.9 Å². The van der Waals surface area contributed by atoms with Crippen LogP contribution in [0.25, 0.3) is 0 Å². The standard InChI is InChI=1S/C19H24BrN3O/c1-6-23(5)12-21-18-11-17(20)19(22-14(18)3)24-15(4)16-10-8-7-9-13(16)2/h7-12,15H,6H2,1-5H3/t15-/m1/s1. The summed E-state index contributed by atoms with van der Waals surface area (Å²) in [5.74, 6) is 0.589. The van der Waals surface area contributed by atoms with Gasteiger partial charge in [-0.15, -0.1) is 0 Å². The van der Waals surface area contributed by atoms with E-state index < -0.39 is 0 Å². The molecule has 0 aliphatic heterocycles. The molecule has 5 heteroatoms. The van der Waals surface area contributed by atoms with E-state index in [1.165, 1.54) is 5.56 Å². The van der Waals surface area contributed by atoms with Crippen molar-refractivity contribution in [1.29, 1.82) is 0 Å². The maximum atomic E-state index is 6.07. The Kier molecular flexibility index (Phi) is 6.37. The second kappa shape index (κ2) is 8.29. The Balaban J connectivity index is 2.22. The zero-order valence-corrected chi connectivity index (χ0v) is 16.5. The third-order valence-corrected chi connectivity index (χ3v) is 4.48. The predicted octanol–water partition coefficient (Wildman–Crippen LogP) is 5.21. The molecular formula is C19H24BrN3O. The fraction of sp³-hybridized carbons (Fsp3) is 0.368. The van der Waals surface area contributed by atoms with Crippen LogP contribution in [0.5, 0.6) is 5.88 Å². The largest absolute Gasteiger partial charge is 0.469 e. The zero-order valence-electron chi connectivity index (χ0n) is 14.9. The summed E-state index contributed by atoms with van der Waals surface area (Å²) in [6.45, 7) is 9.05. The molecule has 0 aliphatic rings. The normalized spacial score (nSPS) is 12.4. The Morgan fingerprint density at radius 3 is 2.71 bits per heavy atom. The van der Waals surface area contributed by atoms with Crippen molar-refractivity contribution in [2.45, 2.75) is 33.8 Å². The fourth-order valence-electron chi connectivity index (χ4n) is 2.28. The van der Waals surface area contributed by atoms with Crippen LogP contribution in [0.2, 0.25) is 0 Å². The molecule has 0 radical (unpaired) electrons. The van der Waals surface area contributed by atoms with E-state index in [9.17, 15) is 0 Å². The summed E-state index contributed by atoms with van der Waals surface area (Å²) < 4.78 is 6.88. The minimum atomic E-state index is -0.0741. The van der Waals surface area contributed by atoms with E-state index in [1.807, 2.05) is 50.3 Å². The van der Waals surface area contributed by atoms with Gasteiger partial charge in [0.2, 0.25) is 5.88 Å². The average Bonchev–Trinajstić information content (AvgIpc) is 2.56. The molecule has 0 saturated heterocycles. The van der Waals surface area contributed by atoms with Crippen LogP contribution in [0, 0.1) is 13.8 Å². The second-order valence-corrected chi connectivity index (χ2v) is 6.67. The second-order valence-electron chi connectivity index (χ2n) is 5.81. The number of benzene rings is 1. The molecule has 4 nitrogen and oxygen atoms in total. The molecule has 0 fully saturated rings. The van der Waals surface area contributed by atoms with Crippen LogP contribution in [-0.2, 0) is 0 Å². The smallest absolute Gasteiger partial charge is 0.228 e. The van der Waals surface area contributed by atoms with E-state index >= 15 is 0 Å². The SMILES string of the molecule is CCN(C)C=Nc1cc(Br)c(O[C@H](C)c2ccccc2C)nc1C. The summed E-state index contributed by atoms with van der Waals surface area (Å²) in [6, 6.07) is 10.2. The molecule has 0 bridgehead atoms. The number of pyridine rings is 1. The third-order valence-electron chi connectivity index (χ3n) is 3.92. The van der Waals surface area contributed by atoms with Gasteiger partial charge in [-0.2, -0.15) is 0 Å². The van der Waals surface area contributed by atoms with Gasteiger partial charge in [0.05, 0.1) is 22.2 Å². The molecule has 1 heterocycles. The minimum absolute atomic E-state index is 0.0741. The van der Waals surface area contributed by atoms with Gasteiger partial charge in [-0.25, -0.2) is 9.98 Å². The first-order valence-corrected chi connectivity index (χ1v) is 8.85. The van der Waals surface area contributed by atoms with Gasteiger partial charge >= 0.3 is 0 Å². The van der Waals surface area contributed by atoms with E-state index in [2.05, 4.69) is 51.9 Å². The molecule has 2 rings (SSSR count). The Hall–Kier alpha value is -1.88. The molecule has 0 spiro atoms. The van der Waals surface area contributed by atoms with Gasteiger partial charge in [-0.1, -0.05) is 24.3 Å². The molecule has 0 N–H and O–H groups in total. The van der Waals surface area contributed by atoms with Gasteiger partial charge < -0.3 is 9.64 Å². The van der Waals surface area contributed by atoms with Gasteiger partial charge in [0.25, 0.3) is 0 Å². The number of nitrogens with zero attached hydrogens (tertiary/aromatic N) is 3. The Bertz CT molecular complexity index is 731. The number of rotatable bonds is 6. The van der Waals surface area contributed by atoms with Crippen LogP contribution in [0.1, 0.15) is 36.8 Å². The Morgan fingerprint density at radius 2 is 2.04 bits per heavy atom. The number of aliphatic imine (C=N–C) groups is 1. The maximum Gasteiger partial charge on any atom is 0.228 e. The Morgan fingerprint density at radius 1 is 1.33 bits per heavy atom. The van der Waals surface area contributed by atoms with Crippen LogP contribution in [-0.4, -0.2) is 29.8 Å². The highest BCUT2D eigenvalue weighted by Crippen LogP contribution is 2.32. The summed E-state index contributed by atoms with van der Waals surface area (Å²) in [5, 5.41) is 0. The van der Waals surface area contributed by atoms with Crippen LogP contribution < -0.4 is 4.74 Å². The maximum absolute atomic E-state index is 6.07. The van der Waals surface area contributed by atoms with Crippen LogP contribution in [0.15, 0.2) is 39.8 Å². The lowest BCUT2D eigenvalue weighted by atomic mass is 10.0. The highest BCUT2D eigenvalue weighted by molar-refractivity contribution is 9.10. The molecule has 0 unspecified atom stereocenters. The van der Waals surface area contributed by atoms with E-state index in [-0.39, 0.29) is 6.10 Å². The van der Waals surface area contributed by atoms with Crippen molar-refractivity contribution in [2.24, 2.45) is 4.99 Å². The summed E-state index contributed by atoms with van der Waals surface area (Å²) in [6.07, 6.45) is 1.74.